The normalized spacial score (nSPS) is 11.4. The third-order valence-electron chi connectivity index (χ3n) is 4.24. The topological polar surface area (TPSA) is 44.4 Å². The van der Waals surface area contributed by atoms with Gasteiger partial charge in [-0.15, -0.1) is 0 Å². The molecule has 0 fully saturated rings. The van der Waals surface area contributed by atoms with E-state index in [1.807, 2.05) is 0 Å². The van der Waals surface area contributed by atoms with Crippen LogP contribution in [0.2, 0.25) is 0 Å². The second kappa shape index (κ2) is 6.79. The van der Waals surface area contributed by atoms with E-state index in [0.29, 0.717) is 34.0 Å². The van der Waals surface area contributed by atoms with Crippen molar-refractivity contribution < 1.29 is 17.9 Å². The van der Waals surface area contributed by atoms with Crippen LogP contribution < -0.4 is 4.74 Å². The third kappa shape index (κ3) is 3.14. The molecule has 0 aliphatic carbocycles. The van der Waals surface area contributed by atoms with E-state index in [1.54, 1.807) is 41.1 Å². The average molecular weight is 372 g/mol. The molecule has 3 aromatic heterocycles. The Labute approximate surface area is 152 Å². The van der Waals surface area contributed by atoms with E-state index in [1.165, 1.54) is 30.1 Å². The fourth-order valence-electron chi connectivity index (χ4n) is 3.04. The standard InChI is InChI=1S/C19H15F3N4O/c1-27-17-8-23-16-7-4-13(9-26(16)17)19-18(12-2-5-14(20)6-3-12)24-11-25(19)10-15(21)22/h2-9,11,15H,10H2,1H3. The van der Waals surface area contributed by atoms with Crippen LogP contribution in [-0.2, 0) is 6.54 Å². The molecule has 0 atom stereocenters. The van der Waals surface area contributed by atoms with Crippen molar-refractivity contribution in [1.82, 2.24) is 18.9 Å². The van der Waals surface area contributed by atoms with Gasteiger partial charge in [-0.25, -0.2) is 23.1 Å². The van der Waals surface area contributed by atoms with E-state index < -0.39 is 13.0 Å². The van der Waals surface area contributed by atoms with E-state index in [9.17, 15) is 13.2 Å². The summed E-state index contributed by atoms with van der Waals surface area (Å²) in [7, 11) is 1.53. The Kier molecular flexibility index (Phi) is 4.31. The summed E-state index contributed by atoms with van der Waals surface area (Å²) in [6.07, 6.45) is 2.17. The highest BCUT2D eigenvalue weighted by molar-refractivity contribution is 5.79. The second-order valence-corrected chi connectivity index (χ2v) is 5.94. The van der Waals surface area contributed by atoms with Crippen LogP contribution in [0.1, 0.15) is 0 Å². The summed E-state index contributed by atoms with van der Waals surface area (Å²) in [5, 5.41) is 0. The lowest BCUT2D eigenvalue weighted by atomic mass is 10.1. The lowest BCUT2D eigenvalue weighted by Gasteiger charge is -2.11. The number of benzene rings is 1. The largest absolute Gasteiger partial charge is 0.481 e. The smallest absolute Gasteiger partial charge is 0.256 e. The first-order valence-corrected chi connectivity index (χ1v) is 8.17. The zero-order valence-corrected chi connectivity index (χ0v) is 14.3. The summed E-state index contributed by atoms with van der Waals surface area (Å²) in [5.74, 6) is 0.145. The van der Waals surface area contributed by atoms with Gasteiger partial charge < -0.3 is 9.30 Å². The number of nitrogens with zero attached hydrogens (tertiary/aromatic N) is 4. The molecule has 4 rings (SSSR count). The van der Waals surface area contributed by atoms with E-state index >= 15 is 0 Å². The summed E-state index contributed by atoms with van der Waals surface area (Å²) >= 11 is 0. The maximum Gasteiger partial charge on any atom is 0.256 e. The Morgan fingerprint density at radius 2 is 1.78 bits per heavy atom. The molecule has 1 aromatic carbocycles. The number of halogens is 3. The van der Waals surface area contributed by atoms with Gasteiger partial charge in [-0.3, -0.25) is 4.40 Å². The zero-order chi connectivity index (χ0) is 19.0. The Balaban J connectivity index is 1.91. The number of fused-ring (bicyclic) bond motifs is 1. The van der Waals surface area contributed by atoms with Crippen molar-refractivity contribution in [3.8, 4) is 28.4 Å². The first-order chi connectivity index (χ1) is 13.1. The molecule has 27 heavy (non-hydrogen) atoms. The fraction of sp³-hybridized carbons (Fsp3) is 0.158. The van der Waals surface area contributed by atoms with Crippen LogP contribution in [-0.4, -0.2) is 32.5 Å². The van der Waals surface area contributed by atoms with Crippen molar-refractivity contribution in [2.45, 2.75) is 13.0 Å². The van der Waals surface area contributed by atoms with Gasteiger partial charge in [-0.1, -0.05) is 0 Å². The van der Waals surface area contributed by atoms with Crippen molar-refractivity contribution in [1.29, 1.82) is 0 Å². The molecule has 0 N–H and O–H groups in total. The minimum absolute atomic E-state index is 0.378. The molecule has 0 aliphatic heterocycles. The summed E-state index contributed by atoms with van der Waals surface area (Å²) in [6, 6.07) is 9.33. The molecule has 0 radical (unpaired) electrons. The number of alkyl halides is 2. The van der Waals surface area contributed by atoms with Crippen molar-refractivity contribution in [2.24, 2.45) is 0 Å². The summed E-state index contributed by atoms with van der Waals surface area (Å²) in [6.45, 7) is -0.497. The second-order valence-electron chi connectivity index (χ2n) is 5.94. The van der Waals surface area contributed by atoms with Gasteiger partial charge in [0, 0.05) is 17.3 Å². The Morgan fingerprint density at radius 1 is 1.04 bits per heavy atom. The average Bonchev–Trinajstić information content (AvgIpc) is 3.25. The quantitative estimate of drug-likeness (QED) is 0.525. The molecular formula is C19H15F3N4O. The highest BCUT2D eigenvalue weighted by atomic mass is 19.3. The van der Waals surface area contributed by atoms with Crippen LogP contribution in [0.5, 0.6) is 5.88 Å². The Bertz CT molecular complexity index is 1090. The van der Waals surface area contributed by atoms with Crippen LogP contribution in [0.4, 0.5) is 13.2 Å². The van der Waals surface area contributed by atoms with Crippen LogP contribution in [0, 0.1) is 5.82 Å². The molecule has 0 aliphatic rings. The lowest BCUT2D eigenvalue weighted by molar-refractivity contribution is 0.127. The van der Waals surface area contributed by atoms with E-state index in [-0.39, 0.29) is 5.82 Å². The third-order valence-corrected chi connectivity index (χ3v) is 4.24. The van der Waals surface area contributed by atoms with Crippen LogP contribution in [0.3, 0.4) is 0 Å². The zero-order valence-electron chi connectivity index (χ0n) is 14.3. The Morgan fingerprint density at radius 3 is 2.48 bits per heavy atom. The van der Waals surface area contributed by atoms with Crippen LogP contribution in [0.15, 0.2) is 55.1 Å². The minimum atomic E-state index is -2.54. The van der Waals surface area contributed by atoms with Crippen molar-refractivity contribution in [3.05, 3.63) is 60.9 Å². The van der Waals surface area contributed by atoms with E-state index in [2.05, 4.69) is 9.97 Å². The molecule has 0 saturated heterocycles. The molecule has 138 valence electrons. The molecule has 8 heteroatoms. The van der Waals surface area contributed by atoms with Crippen molar-refractivity contribution in [2.75, 3.05) is 7.11 Å². The highest BCUT2D eigenvalue weighted by Gasteiger charge is 2.18. The molecule has 0 unspecified atom stereocenters. The lowest BCUT2D eigenvalue weighted by Crippen LogP contribution is -2.07. The number of imidazole rings is 2. The molecule has 0 amide bonds. The summed E-state index contributed by atoms with van der Waals surface area (Å²) < 4.78 is 47.8. The van der Waals surface area contributed by atoms with Crippen molar-refractivity contribution >= 4 is 5.65 Å². The number of rotatable bonds is 5. The van der Waals surface area contributed by atoms with Crippen LogP contribution in [0.25, 0.3) is 28.2 Å². The highest BCUT2D eigenvalue weighted by Crippen LogP contribution is 2.32. The van der Waals surface area contributed by atoms with Crippen molar-refractivity contribution in [3.63, 3.8) is 0 Å². The fourth-order valence-corrected chi connectivity index (χ4v) is 3.04. The first kappa shape index (κ1) is 17.1. The van der Waals surface area contributed by atoms with E-state index in [0.717, 1.165) is 0 Å². The summed E-state index contributed by atoms with van der Waals surface area (Å²) in [4.78, 5) is 8.53. The monoisotopic (exact) mass is 372 g/mol. The van der Waals surface area contributed by atoms with Gasteiger partial charge in [0.25, 0.3) is 6.43 Å². The van der Waals surface area contributed by atoms with Gasteiger partial charge >= 0.3 is 0 Å². The first-order valence-electron chi connectivity index (χ1n) is 8.17. The van der Waals surface area contributed by atoms with E-state index in [4.69, 9.17) is 4.74 Å². The molecule has 4 aromatic rings. The number of hydrogen-bond acceptors (Lipinski definition) is 3. The van der Waals surface area contributed by atoms with Gasteiger partial charge in [0.1, 0.15) is 11.5 Å². The number of hydrogen-bond donors (Lipinski definition) is 0. The maximum atomic E-state index is 13.3. The van der Waals surface area contributed by atoms with Gasteiger partial charge in [0.2, 0.25) is 5.88 Å². The van der Waals surface area contributed by atoms with Crippen LogP contribution >= 0.6 is 0 Å². The minimum Gasteiger partial charge on any atom is -0.481 e. The van der Waals surface area contributed by atoms with Gasteiger partial charge in [-0.2, -0.15) is 0 Å². The number of ether oxygens (including phenoxy) is 1. The molecule has 3 heterocycles. The molecule has 0 spiro atoms. The SMILES string of the molecule is COc1cnc2ccc(-c3c(-c4ccc(F)cc4)ncn3CC(F)F)cn12. The Hall–Kier alpha value is -3.29. The predicted molar refractivity (Wildman–Crippen MR) is 94.4 cm³/mol. The number of aromatic nitrogens is 4. The van der Waals surface area contributed by atoms with Gasteiger partial charge in [-0.05, 0) is 36.4 Å². The maximum absolute atomic E-state index is 13.3. The predicted octanol–water partition coefficient (Wildman–Crippen LogP) is 4.28. The molecule has 0 bridgehead atoms. The molecule has 5 nitrogen and oxygen atoms in total. The van der Waals surface area contributed by atoms with Gasteiger partial charge in [0.15, 0.2) is 0 Å². The molecular weight excluding hydrogens is 357 g/mol. The van der Waals surface area contributed by atoms with Gasteiger partial charge in [0.05, 0.1) is 37.6 Å². The molecule has 0 saturated carbocycles. The number of pyridine rings is 1. The number of methoxy groups -OCH3 is 1. The summed E-state index contributed by atoms with van der Waals surface area (Å²) in [5.41, 5.74) is 2.97.